The number of carbonyl (C=O) groups is 1. The summed E-state index contributed by atoms with van der Waals surface area (Å²) in [5.74, 6) is -0.528. The van der Waals surface area contributed by atoms with E-state index in [1.165, 1.54) is 6.07 Å². The highest BCUT2D eigenvalue weighted by atomic mass is 35.5. The van der Waals surface area contributed by atoms with Crippen LogP contribution in [0.4, 0.5) is 14.9 Å². The van der Waals surface area contributed by atoms with Crippen LogP contribution in [0.15, 0.2) is 18.2 Å². The number of carbonyl (C=O) groups excluding carboxylic acids is 1. The fraction of sp³-hybridized carbons (Fsp3) is 0.417. The zero-order chi connectivity index (χ0) is 13.7. The second-order valence-corrected chi connectivity index (χ2v) is 4.56. The average molecular weight is 289 g/mol. The van der Waals surface area contributed by atoms with E-state index in [2.05, 4.69) is 10.8 Å². The Morgan fingerprint density at radius 1 is 1.42 bits per heavy atom. The summed E-state index contributed by atoms with van der Waals surface area (Å²) in [6, 6.07) is 3.12. The Bertz CT molecular complexity index is 432. The van der Waals surface area contributed by atoms with E-state index in [9.17, 15) is 9.18 Å². The number of hydrogen-bond donors (Lipinski definition) is 2. The van der Waals surface area contributed by atoms with Crippen LogP contribution < -0.4 is 10.8 Å². The van der Waals surface area contributed by atoms with Gasteiger partial charge in [-0.2, -0.15) is 0 Å². The van der Waals surface area contributed by atoms with Gasteiger partial charge in [-0.3, -0.25) is 0 Å². The molecule has 1 aliphatic rings. The Hall–Kier alpha value is -1.37. The highest BCUT2D eigenvalue weighted by molar-refractivity contribution is 6.30. The third-order valence-electron chi connectivity index (χ3n) is 2.54. The van der Waals surface area contributed by atoms with Crippen LogP contribution in [0.25, 0.3) is 0 Å². The molecule has 0 bridgehead atoms. The van der Waals surface area contributed by atoms with Gasteiger partial charge in [-0.15, -0.1) is 0 Å². The van der Waals surface area contributed by atoms with Crippen LogP contribution in [0.1, 0.15) is 19.3 Å². The van der Waals surface area contributed by atoms with Crippen molar-refractivity contribution in [1.82, 2.24) is 5.48 Å². The predicted octanol–water partition coefficient (Wildman–Crippen LogP) is 3.06. The van der Waals surface area contributed by atoms with Gasteiger partial charge < -0.3 is 10.1 Å². The number of hydrogen-bond acceptors (Lipinski definition) is 3. The maximum atomic E-state index is 13.0. The second kappa shape index (κ2) is 6.70. The third-order valence-corrected chi connectivity index (χ3v) is 2.76. The lowest BCUT2D eigenvalue weighted by molar-refractivity contribution is -0.185. The van der Waals surface area contributed by atoms with E-state index in [0.29, 0.717) is 6.61 Å². The fourth-order valence-electron chi connectivity index (χ4n) is 1.71. The first kappa shape index (κ1) is 14.0. The number of benzene rings is 1. The first-order chi connectivity index (χ1) is 9.13. The van der Waals surface area contributed by atoms with Gasteiger partial charge in [0, 0.05) is 23.7 Å². The average Bonchev–Trinajstić information content (AvgIpc) is 2.36. The van der Waals surface area contributed by atoms with Crippen molar-refractivity contribution in [2.75, 3.05) is 11.9 Å². The molecule has 104 valence electrons. The predicted molar refractivity (Wildman–Crippen MR) is 68.2 cm³/mol. The molecule has 1 aliphatic heterocycles. The minimum absolute atomic E-state index is 0.201. The van der Waals surface area contributed by atoms with E-state index in [0.717, 1.165) is 31.4 Å². The number of halogens is 2. The molecular formula is C12H14ClFN2O3. The number of rotatable bonds is 3. The van der Waals surface area contributed by atoms with Gasteiger partial charge in [0.1, 0.15) is 5.82 Å². The molecule has 1 aromatic rings. The summed E-state index contributed by atoms with van der Waals surface area (Å²) in [6.07, 6.45) is 2.28. The standard InChI is InChI=1S/C12H14ClFN2O3/c13-8-5-9(14)7-10(6-8)15-12(17)16-19-11-3-1-2-4-18-11/h5-7,11H,1-4H2,(H2,15,16,17)/t11-/m1/s1. The summed E-state index contributed by atoms with van der Waals surface area (Å²) < 4.78 is 18.3. The Morgan fingerprint density at radius 3 is 2.95 bits per heavy atom. The SMILES string of the molecule is O=C(NO[C@@H]1CCCCO1)Nc1cc(F)cc(Cl)c1. The molecule has 1 saturated heterocycles. The van der Waals surface area contributed by atoms with Crippen molar-refractivity contribution in [3.8, 4) is 0 Å². The topological polar surface area (TPSA) is 59.6 Å². The van der Waals surface area contributed by atoms with Gasteiger partial charge in [-0.25, -0.2) is 19.5 Å². The number of amides is 2. The van der Waals surface area contributed by atoms with Gasteiger partial charge in [0.2, 0.25) is 0 Å². The van der Waals surface area contributed by atoms with Crippen LogP contribution in [-0.2, 0) is 9.57 Å². The lowest BCUT2D eigenvalue weighted by atomic mass is 10.2. The molecule has 0 aliphatic carbocycles. The van der Waals surface area contributed by atoms with Gasteiger partial charge in [-0.1, -0.05) is 11.6 Å². The third kappa shape index (κ3) is 4.66. The van der Waals surface area contributed by atoms with E-state index >= 15 is 0 Å². The van der Waals surface area contributed by atoms with Crippen molar-refractivity contribution < 1.29 is 18.8 Å². The highest BCUT2D eigenvalue weighted by Gasteiger charge is 2.15. The molecule has 5 nitrogen and oxygen atoms in total. The first-order valence-electron chi connectivity index (χ1n) is 5.94. The van der Waals surface area contributed by atoms with Crippen LogP contribution in [0, 0.1) is 5.82 Å². The van der Waals surface area contributed by atoms with Gasteiger partial charge in [0.05, 0.1) is 0 Å². The van der Waals surface area contributed by atoms with Crippen molar-refractivity contribution in [3.05, 3.63) is 29.0 Å². The lowest BCUT2D eigenvalue weighted by Gasteiger charge is -2.22. The molecular weight excluding hydrogens is 275 g/mol. The van der Waals surface area contributed by atoms with Crippen molar-refractivity contribution in [2.24, 2.45) is 0 Å². The summed E-state index contributed by atoms with van der Waals surface area (Å²) in [6.45, 7) is 0.619. The van der Waals surface area contributed by atoms with Gasteiger partial charge in [0.15, 0.2) is 6.29 Å². The minimum atomic E-state index is -0.615. The molecule has 1 heterocycles. The molecule has 0 radical (unpaired) electrons. The molecule has 7 heteroatoms. The molecule has 2 rings (SSSR count). The van der Waals surface area contributed by atoms with Crippen LogP contribution in [0.3, 0.4) is 0 Å². The maximum Gasteiger partial charge on any atom is 0.343 e. The minimum Gasteiger partial charge on any atom is -0.350 e. The normalized spacial score (nSPS) is 18.9. The van der Waals surface area contributed by atoms with Crippen molar-refractivity contribution in [3.63, 3.8) is 0 Å². The Kier molecular flexibility index (Phi) is 4.95. The zero-order valence-corrected chi connectivity index (χ0v) is 10.9. The molecule has 0 aromatic heterocycles. The number of urea groups is 1. The lowest BCUT2D eigenvalue weighted by Crippen LogP contribution is -2.35. The molecule has 2 amide bonds. The quantitative estimate of drug-likeness (QED) is 0.841. The van der Waals surface area contributed by atoms with E-state index in [1.807, 2.05) is 0 Å². The molecule has 1 fully saturated rings. The van der Waals surface area contributed by atoms with Crippen LogP contribution >= 0.6 is 11.6 Å². The highest BCUT2D eigenvalue weighted by Crippen LogP contribution is 2.18. The van der Waals surface area contributed by atoms with E-state index in [4.69, 9.17) is 21.2 Å². The van der Waals surface area contributed by atoms with Gasteiger partial charge >= 0.3 is 6.03 Å². The monoisotopic (exact) mass is 288 g/mol. The zero-order valence-electron chi connectivity index (χ0n) is 10.1. The molecule has 0 unspecified atom stereocenters. The molecule has 19 heavy (non-hydrogen) atoms. The van der Waals surface area contributed by atoms with Crippen molar-refractivity contribution in [2.45, 2.75) is 25.6 Å². The summed E-state index contributed by atoms with van der Waals surface area (Å²) in [5.41, 5.74) is 2.45. The van der Waals surface area contributed by atoms with Crippen LogP contribution in [0.5, 0.6) is 0 Å². The Balaban J connectivity index is 1.80. The van der Waals surface area contributed by atoms with Gasteiger partial charge in [0.25, 0.3) is 0 Å². The summed E-state index contributed by atoms with van der Waals surface area (Å²) in [7, 11) is 0. The smallest absolute Gasteiger partial charge is 0.343 e. The molecule has 2 N–H and O–H groups in total. The van der Waals surface area contributed by atoms with E-state index in [1.54, 1.807) is 0 Å². The number of anilines is 1. The molecule has 0 saturated carbocycles. The molecule has 1 atom stereocenters. The largest absolute Gasteiger partial charge is 0.350 e. The summed E-state index contributed by atoms with van der Waals surface area (Å²) in [4.78, 5) is 16.6. The number of hydroxylamine groups is 1. The summed E-state index contributed by atoms with van der Waals surface area (Å²) >= 11 is 5.67. The Morgan fingerprint density at radius 2 is 2.26 bits per heavy atom. The molecule has 1 aromatic carbocycles. The van der Waals surface area contributed by atoms with Gasteiger partial charge in [-0.05, 0) is 31.0 Å². The van der Waals surface area contributed by atoms with E-state index < -0.39 is 18.1 Å². The fourth-order valence-corrected chi connectivity index (χ4v) is 1.93. The first-order valence-corrected chi connectivity index (χ1v) is 6.31. The number of nitrogens with one attached hydrogen (secondary N) is 2. The van der Waals surface area contributed by atoms with Crippen molar-refractivity contribution >= 4 is 23.3 Å². The van der Waals surface area contributed by atoms with Crippen LogP contribution in [-0.4, -0.2) is 18.9 Å². The maximum absolute atomic E-state index is 13.0. The second-order valence-electron chi connectivity index (χ2n) is 4.13. The van der Waals surface area contributed by atoms with E-state index in [-0.39, 0.29) is 10.7 Å². The Labute approximate surface area is 115 Å². The summed E-state index contributed by atoms with van der Waals surface area (Å²) in [5, 5.41) is 2.61. The van der Waals surface area contributed by atoms with Crippen LogP contribution in [0.2, 0.25) is 5.02 Å². The van der Waals surface area contributed by atoms with Crippen molar-refractivity contribution in [1.29, 1.82) is 0 Å². The molecule has 0 spiro atoms. The number of ether oxygens (including phenoxy) is 1.